The molecule has 0 bridgehead atoms. The Balaban J connectivity index is 1.99. The Labute approximate surface area is 115 Å². The molecular weight excluding hydrogens is 263 g/mol. The lowest BCUT2D eigenvalue weighted by molar-refractivity contribution is 0.0950. The average Bonchev–Trinajstić information content (AvgIpc) is 2.87. The highest BCUT2D eigenvalue weighted by Crippen LogP contribution is 2.13. The number of amides is 1. The summed E-state index contributed by atoms with van der Waals surface area (Å²) in [7, 11) is 0. The SMILES string of the molecule is CCc1cnc(CNC(=O)c2ccc(F)c(C)c2)s1. The highest BCUT2D eigenvalue weighted by Gasteiger charge is 2.08. The molecule has 0 radical (unpaired) electrons. The van der Waals surface area contributed by atoms with E-state index in [1.54, 1.807) is 24.3 Å². The molecule has 1 heterocycles. The Hall–Kier alpha value is -1.75. The summed E-state index contributed by atoms with van der Waals surface area (Å²) in [5.74, 6) is -0.514. The first-order valence-corrected chi connectivity index (χ1v) is 6.89. The third-order valence-corrected chi connectivity index (χ3v) is 3.91. The molecule has 0 saturated heterocycles. The summed E-state index contributed by atoms with van der Waals surface area (Å²) in [6.45, 7) is 4.11. The van der Waals surface area contributed by atoms with Crippen molar-refractivity contribution in [2.45, 2.75) is 26.8 Å². The quantitative estimate of drug-likeness (QED) is 0.933. The molecule has 0 aliphatic rings. The van der Waals surface area contributed by atoms with E-state index in [2.05, 4.69) is 17.2 Å². The molecule has 100 valence electrons. The Bertz CT molecular complexity index is 595. The molecular formula is C14H15FN2OS. The number of hydrogen-bond donors (Lipinski definition) is 1. The van der Waals surface area contributed by atoms with Crippen LogP contribution in [0.3, 0.4) is 0 Å². The van der Waals surface area contributed by atoms with Crippen LogP contribution in [0.4, 0.5) is 4.39 Å². The van der Waals surface area contributed by atoms with Crippen LogP contribution in [0.25, 0.3) is 0 Å². The van der Waals surface area contributed by atoms with Crippen molar-refractivity contribution in [3.8, 4) is 0 Å². The molecule has 2 rings (SSSR count). The second kappa shape index (κ2) is 5.93. The predicted octanol–water partition coefficient (Wildman–Crippen LogP) is 3.08. The van der Waals surface area contributed by atoms with Crippen LogP contribution >= 0.6 is 11.3 Å². The van der Waals surface area contributed by atoms with E-state index < -0.39 is 0 Å². The third kappa shape index (κ3) is 3.38. The van der Waals surface area contributed by atoms with E-state index in [0.717, 1.165) is 11.4 Å². The average molecular weight is 278 g/mol. The number of nitrogens with one attached hydrogen (secondary N) is 1. The van der Waals surface area contributed by atoms with Crippen LogP contribution < -0.4 is 5.32 Å². The summed E-state index contributed by atoms with van der Waals surface area (Å²) in [5.41, 5.74) is 0.932. The molecule has 19 heavy (non-hydrogen) atoms. The number of rotatable bonds is 4. The fourth-order valence-corrected chi connectivity index (χ4v) is 2.44. The number of aromatic nitrogens is 1. The van der Waals surface area contributed by atoms with Gasteiger partial charge in [-0.2, -0.15) is 0 Å². The normalized spacial score (nSPS) is 10.5. The third-order valence-electron chi connectivity index (χ3n) is 2.77. The molecule has 5 heteroatoms. The lowest BCUT2D eigenvalue weighted by Crippen LogP contribution is -2.22. The first kappa shape index (κ1) is 13.7. The molecule has 0 aliphatic carbocycles. The van der Waals surface area contributed by atoms with Crippen molar-refractivity contribution < 1.29 is 9.18 Å². The Kier molecular flexibility index (Phi) is 4.27. The summed E-state index contributed by atoms with van der Waals surface area (Å²) >= 11 is 1.59. The van der Waals surface area contributed by atoms with Gasteiger partial charge in [0.15, 0.2) is 0 Å². The van der Waals surface area contributed by atoms with Crippen LogP contribution in [0.15, 0.2) is 24.4 Å². The van der Waals surface area contributed by atoms with Crippen molar-refractivity contribution >= 4 is 17.2 Å². The maximum absolute atomic E-state index is 13.1. The van der Waals surface area contributed by atoms with Gasteiger partial charge < -0.3 is 5.32 Å². The Morgan fingerprint density at radius 1 is 1.47 bits per heavy atom. The molecule has 1 aromatic carbocycles. The lowest BCUT2D eigenvalue weighted by atomic mass is 10.1. The topological polar surface area (TPSA) is 42.0 Å². The fourth-order valence-electron chi connectivity index (χ4n) is 1.64. The second-order valence-corrected chi connectivity index (χ2v) is 5.42. The van der Waals surface area contributed by atoms with Gasteiger partial charge in [0.2, 0.25) is 0 Å². The van der Waals surface area contributed by atoms with Crippen molar-refractivity contribution in [3.05, 3.63) is 51.2 Å². The van der Waals surface area contributed by atoms with Crippen LogP contribution in [0, 0.1) is 12.7 Å². The number of thiazole rings is 1. The summed E-state index contributed by atoms with van der Waals surface area (Å²) < 4.78 is 13.1. The maximum atomic E-state index is 13.1. The van der Waals surface area contributed by atoms with Crippen LogP contribution in [0.2, 0.25) is 0 Å². The highest BCUT2D eigenvalue weighted by atomic mass is 32.1. The van der Waals surface area contributed by atoms with Crippen LogP contribution in [-0.4, -0.2) is 10.9 Å². The van der Waals surface area contributed by atoms with Crippen LogP contribution in [0.1, 0.15) is 32.7 Å². The van der Waals surface area contributed by atoms with Crippen LogP contribution in [0.5, 0.6) is 0 Å². The van der Waals surface area contributed by atoms with Gasteiger partial charge >= 0.3 is 0 Å². The molecule has 1 amide bonds. The largest absolute Gasteiger partial charge is 0.346 e. The molecule has 0 spiro atoms. The number of hydrogen-bond acceptors (Lipinski definition) is 3. The Morgan fingerprint density at radius 3 is 2.89 bits per heavy atom. The number of halogens is 1. The zero-order valence-electron chi connectivity index (χ0n) is 10.9. The molecule has 1 aromatic heterocycles. The van der Waals surface area contributed by atoms with E-state index in [4.69, 9.17) is 0 Å². The zero-order chi connectivity index (χ0) is 13.8. The number of carbonyl (C=O) groups excluding carboxylic acids is 1. The van der Waals surface area contributed by atoms with Crippen molar-refractivity contribution in [2.24, 2.45) is 0 Å². The molecule has 0 atom stereocenters. The minimum atomic E-state index is -0.302. The zero-order valence-corrected chi connectivity index (χ0v) is 11.7. The Morgan fingerprint density at radius 2 is 2.26 bits per heavy atom. The summed E-state index contributed by atoms with van der Waals surface area (Å²) in [5, 5.41) is 3.66. The minimum absolute atomic E-state index is 0.212. The maximum Gasteiger partial charge on any atom is 0.251 e. The summed E-state index contributed by atoms with van der Waals surface area (Å²) in [6.07, 6.45) is 2.77. The van der Waals surface area contributed by atoms with Gasteiger partial charge in [-0.05, 0) is 37.1 Å². The van der Waals surface area contributed by atoms with Crippen molar-refractivity contribution in [3.63, 3.8) is 0 Å². The molecule has 1 N–H and O–H groups in total. The van der Waals surface area contributed by atoms with Gasteiger partial charge in [0.05, 0.1) is 6.54 Å². The van der Waals surface area contributed by atoms with Gasteiger partial charge in [-0.1, -0.05) is 6.92 Å². The summed E-state index contributed by atoms with van der Waals surface area (Å²) in [6, 6.07) is 4.34. The standard InChI is InChI=1S/C14H15FN2OS/c1-3-11-7-16-13(19-11)8-17-14(18)10-4-5-12(15)9(2)6-10/h4-7H,3,8H2,1-2H3,(H,17,18). The highest BCUT2D eigenvalue weighted by molar-refractivity contribution is 7.11. The van der Waals surface area contributed by atoms with Gasteiger partial charge in [0, 0.05) is 16.6 Å². The van der Waals surface area contributed by atoms with Gasteiger partial charge in [-0.3, -0.25) is 4.79 Å². The molecule has 0 fully saturated rings. The van der Waals surface area contributed by atoms with Gasteiger partial charge in [0.1, 0.15) is 10.8 Å². The first-order chi connectivity index (χ1) is 9.10. The van der Waals surface area contributed by atoms with Crippen molar-refractivity contribution in [1.82, 2.24) is 10.3 Å². The van der Waals surface area contributed by atoms with E-state index in [-0.39, 0.29) is 11.7 Å². The van der Waals surface area contributed by atoms with E-state index in [9.17, 15) is 9.18 Å². The van der Waals surface area contributed by atoms with Crippen molar-refractivity contribution in [1.29, 1.82) is 0 Å². The van der Waals surface area contributed by atoms with Gasteiger partial charge in [-0.15, -0.1) is 11.3 Å². The first-order valence-electron chi connectivity index (χ1n) is 6.08. The lowest BCUT2D eigenvalue weighted by Gasteiger charge is -2.04. The predicted molar refractivity (Wildman–Crippen MR) is 73.8 cm³/mol. The molecule has 0 saturated carbocycles. The van der Waals surface area contributed by atoms with Gasteiger partial charge in [0.25, 0.3) is 5.91 Å². The van der Waals surface area contributed by atoms with Crippen LogP contribution in [-0.2, 0) is 13.0 Å². The number of carbonyl (C=O) groups is 1. The van der Waals surface area contributed by atoms with Crippen molar-refractivity contribution in [2.75, 3.05) is 0 Å². The molecule has 0 aliphatic heterocycles. The molecule has 3 nitrogen and oxygen atoms in total. The smallest absolute Gasteiger partial charge is 0.251 e. The van der Waals surface area contributed by atoms with E-state index in [0.29, 0.717) is 17.7 Å². The number of benzene rings is 1. The second-order valence-electron chi connectivity index (χ2n) is 4.22. The van der Waals surface area contributed by atoms with Gasteiger partial charge in [-0.25, -0.2) is 9.37 Å². The molecule has 0 unspecified atom stereocenters. The monoisotopic (exact) mass is 278 g/mol. The number of aryl methyl sites for hydroxylation is 2. The number of nitrogens with zero attached hydrogens (tertiary/aromatic N) is 1. The van der Waals surface area contributed by atoms with E-state index in [1.165, 1.54) is 17.0 Å². The fraction of sp³-hybridized carbons (Fsp3) is 0.286. The minimum Gasteiger partial charge on any atom is -0.346 e. The van der Waals surface area contributed by atoms with E-state index in [1.807, 2.05) is 6.20 Å². The summed E-state index contributed by atoms with van der Waals surface area (Å²) in [4.78, 5) is 17.3. The molecule has 2 aromatic rings. The van der Waals surface area contributed by atoms with E-state index >= 15 is 0 Å².